The molecule has 7 nitrogen and oxygen atoms in total. The number of hydrogen-bond donors (Lipinski definition) is 2. The molecule has 2 heterocycles. The number of amides is 4. The van der Waals surface area contributed by atoms with Gasteiger partial charge in [0.2, 0.25) is 5.91 Å². The van der Waals surface area contributed by atoms with Gasteiger partial charge in [-0.05, 0) is 31.9 Å². The first-order chi connectivity index (χ1) is 10.4. The second kappa shape index (κ2) is 6.13. The summed E-state index contributed by atoms with van der Waals surface area (Å²) in [5.41, 5.74) is -0.123. The molecular weight excluding hydrogens is 284 g/mol. The molecule has 22 heavy (non-hydrogen) atoms. The van der Waals surface area contributed by atoms with Crippen LogP contribution >= 0.6 is 0 Å². The molecule has 0 saturated carbocycles. The number of aromatic nitrogens is 1. The van der Waals surface area contributed by atoms with Gasteiger partial charge in [0.15, 0.2) is 0 Å². The van der Waals surface area contributed by atoms with Crippen LogP contribution in [0.2, 0.25) is 0 Å². The summed E-state index contributed by atoms with van der Waals surface area (Å²) in [7, 11) is 0. The van der Waals surface area contributed by atoms with Crippen molar-refractivity contribution in [2.24, 2.45) is 0 Å². The maximum atomic E-state index is 12.4. The molecule has 118 valence electrons. The third-order valence-electron chi connectivity index (χ3n) is 3.91. The van der Waals surface area contributed by atoms with Crippen molar-refractivity contribution in [2.45, 2.75) is 39.2 Å². The Balaban J connectivity index is 2.06. The second-order valence-electron chi connectivity index (χ2n) is 5.32. The average molecular weight is 304 g/mol. The first kappa shape index (κ1) is 15.9. The molecule has 0 radical (unpaired) electrons. The number of anilines is 1. The summed E-state index contributed by atoms with van der Waals surface area (Å²) >= 11 is 0. The number of carbonyl (C=O) groups excluding carboxylic acids is 3. The Labute approximate surface area is 129 Å². The van der Waals surface area contributed by atoms with Crippen molar-refractivity contribution in [3.63, 3.8) is 0 Å². The minimum Gasteiger partial charge on any atom is -0.323 e. The molecule has 0 atom stereocenters. The van der Waals surface area contributed by atoms with Gasteiger partial charge in [0, 0.05) is 5.69 Å². The lowest BCUT2D eigenvalue weighted by molar-refractivity contribution is -0.134. The summed E-state index contributed by atoms with van der Waals surface area (Å²) in [5, 5.41) is 5.28. The molecule has 1 aliphatic rings. The number of imide groups is 1. The molecule has 2 N–H and O–H groups in total. The number of aryl methyl sites for hydroxylation is 1. The van der Waals surface area contributed by atoms with Crippen molar-refractivity contribution in [2.75, 3.05) is 11.9 Å². The number of hydrogen-bond acceptors (Lipinski definition) is 4. The van der Waals surface area contributed by atoms with Crippen LogP contribution in [-0.4, -0.2) is 39.8 Å². The molecule has 0 unspecified atom stereocenters. The van der Waals surface area contributed by atoms with E-state index >= 15 is 0 Å². The quantitative estimate of drug-likeness (QED) is 0.805. The molecular formula is C15H20N4O3. The van der Waals surface area contributed by atoms with Gasteiger partial charge in [0.25, 0.3) is 5.91 Å². The monoisotopic (exact) mass is 304 g/mol. The van der Waals surface area contributed by atoms with E-state index in [9.17, 15) is 14.4 Å². The Morgan fingerprint density at radius 3 is 2.55 bits per heavy atom. The van der Waals surface area contributed by atoms with Crippen molar-refractivity contribution < 1.29 is 14.4 Å². The zero-order valence-electron chi connectivity index (χ0n) is 13.0. The third kappa shape index (κ3) is 2.93. The van der Waals surface area contributed by atoms with Crippen LogP contribution in [0.25, 0.3) is 0 Å². The van der Waals surface area contributed by atoms with Crippen LogP contribution in [0.3, 0.4) is 0 Å². The number of nitrogens with zero attached hydrogens (tertiary/aromatic N) is 2. The van der Waals surface area contributed by atoms with Crippen LogP contribution in [0.1, 0.15) is 32.4 Å². The molecule has 0 aromatic carbocycles. The zero-order chi connectivity index (χ0) is 16.3. The molecule has 1 aromatic rings. The topological polar surface area (TPSA) is 91.4 Å². The molecule has 0 spiro atoms. The van der Waals surface area contributed by atoms with Crippen LogP contribution in [-0.2, 0) is 9.59 Å². The smallest absolute Gasteiger partial charge is 0.323 e. The van der Waals surface area contributed by atoms with Gasteiger partial charge in [-0.1, -0.05) is 19.9 Å². The SMILES string of the molecule is CCC1(CC)NC(=O)N(CC(=O)Nc2cccc(C)n2)C1=O. The zero-order valence-corrected chi connectivity index (χ0v) is 13.0. The Kier molecular flexibility index (Phi) is 4.44. The van der Waals surface area contributed by atoms with Crippen molar-refractivity contribution in [1.29, 1.82) is 0 Å². The van der Waals surface area contributed by atoms with E-state index in [0.29, 0.717) is 18.7 Å². The largest absolute Gasteiger partial charge is 0.325 e. The molecule has 0 aliphatic carbocycles. The van der Waals surface area contributed by atoms with Crippen LogP contribution < -0.4 is 10.6 Å². The number of carbonyl (C=O) groups is 3. The summed E-state index contributed by atoms with van der Waals surface area (Å²) in [6, 6.07) is 4.70. The van der Waals surface area contributed by atoms with E-state index in [2.05, 4.69) is 15.6 Å². The van der Waals surface area contributed by atoms with Gasteiger partial charge in [0.05, 0.1) is 0 Å². The lowest BCUT2D eigenvalue weighted by atomic mass is 9.93. The summed E-state index contributed by atoms with van der Waals surface area (Å²) in [6.07, 6.45) is 0.983. The van der Waals surface area contributed by atoms with E-state index in [0.717, 1.165) is 10.6 Å². The van der Waals surface area contributed by atoms with E-state index in [1.165, 1.54) is 0 Å². The van der Waals surface area contributed by atoms with Gasteiger partial charge in [-0.3, -0.25) is 14.5 Å². The number of urea groups is 1. The standard InChI is InChI=1S/C15H20N4O3/c1-4-15(5-2)13(21)19(14(22)18-15)9-12(20)17-11-8-6-7-10(3)16-11/h6-8H,4-5,9H2,1-3H3,(H,18,22)(H,16,17,20). The minimum atomic E-state index is -0.890. The molecule has 1 aromatic heterocycles. The fraction of sp³-hybridized carbons (Fsp3) is 0.467. The molecule has 1 fully saturated rings. The van der Waals surface area contributed by atoms with E-state index in [-0.39, 0.29) is 12.5 Å². The molecule has 0 bridgehead atoms. The molecule has 2 rings (SSSR count). The Morgan fingerprint density at radius 2 is 2.00 bits per heavy atom. The first-order valence-electron chi connectivity index (χ1n) is 7.29. The lowest BCUT2D eigenvalue weighted by Crippen LogP contribution is -2.46. The van der Waals surface area contributed by atoms with Crippen molar-refractivity contribution in [3.8, 4) is 0 Å². The maximum Gasteiger partial charge on any atom is 0.325 e. The average Bonchev–Trinajstić information content (AvgIpc) is 2.72. The van der Waals surface area contributed by atoms with Gasteiger partial charge in [-0.15, -0.1) is 0 Å². The maximum absolute atomic E-state index is 12.4. The Bertz CT molecular complexity index is 611. The highest BCUT2D eigenvalue weighted by Gasteiger charge is 2.49. The predicted molar refractivity (Wildman–Crippen MR) is 81.2 cm³/mol. The lowest BCUT2D eigenvalue weighted by Gasteiger charge is -2.22. The number of rotatable bonds is 5. The molecule has 7 heteroatoms. The van der Waals surface area contributed by atoms with Gasteiger partial charge in [-0.25, -0.2) is 9.78 Å². The summed E-state index contributed by atoms with van der Waals surface area (Å²) in [5.74, 6) is -0.409. The highest BCUT2D eigenvalue weighted by Crippen LogP contribution is 2.24. The van der Waals surface area contributed by atoms with Crippen LogP contribution in [0.5, 0.6) is 0 Å². The Morgan fingerprint density at radius 1 is 1.32 bits per heavy atom. The summed E-state index contributed by atoms with van der Waals surface area (Å²) in [6.45, 7) is 5.16. The van der Waals surface area contributed by atoms with Gasteiger partial charge >= 0.3 is 6.03 Å². The molecule has 1 saturated heterocycles. The summed E-state index contributed by atoms with van der Waals surface area (Å²) < 4.78 is 0. The van der Waals surface area contributed by atoms with Crippen LogP contribution in [0.15, 0.2) is 18.2 Å². The van der Waals surface area contributed by atoms with E-state index in [4.69, 9.17) is 0 Å². The highest BCUT2D eigenvalue weighted by molar-refractivity contribution is 6.10. The van der Waals surface area contributed by atoms with Crippen LogP contribution in [0.4, 0.5) is 10.6 Å². The van der Waals surface area contributed by atoms with Crippen molar-refractivity contribution in [3.05, 3.63) is 23.9 Å². The minimum absolute atomic E-state index is 0.317. The number of pyridine rings is 1. The first-order valence-corrected chi connectivity index (χ1v) is 7.29. The highest BCUT2D eigenvalue weighted by atomic mass is 16.2. The fourth-order valence-electron chi connectivity index (χ4n) is 2.49. The van der Waals surface area contributed by atoms with Crippen LogP contribution in [0, 0.1) is 6.92 Å². The summed E-state index contributed by atoms with van der Waals surface area (Å²) in [4.78, 5) is 41.5. The molecule has 4 amide bonds. The van der Waals surface area contributed by atoms with E-state index in [1.807, 2.05) is 26.8 Å². The van der Waals surface area contributed by atoms with Crippen molar-refractivity contribution in [1.82, 2.24) is 15.2 Å². The normalized spacial score (nSPS) is 16.6. The van der Waals surface area contributed by atoms with E-state index < -0.39 is 17.5 Å². The third-order valence-corrected chi connectivity index (χ3v) is 3.91. The number of nitrogens with one attached hydrogen (secondary N) is 2. The van der Waals surface area contributed by atoms with Crippen molar-refractivity contribution >= 4 is 23.7 Å². The van der Waals surface area contributed by atoms with Gasteiger partial charge < -0.3 is 10.6 Å². The fourth-order valence-corrected chi connectivity index (χ4v) is 2.49. The molecule has 1 aliphatic heterocycles. The Hall–Kier alpha value is -2.44. The van der Waals surface area contributed by atoms with Gasteiger partial charge in [-0.2, -0.15) is 0 Å². The predicted octanol–water partition coefficient (Wildman–Crippen LogP) is 1.44. The second-order valence-corrected chi connectivity index (χ2v) is 5.32. The van der Waals surface area contributed by atoms with E-state index in [1.54, 1.807) is 12.1 Å². The van der Waals surface area contributed by atoms with Gasteiger partial charge in [0.1, 0.15) is 17.9 Å².